The summed E-state index contributed by atoms with van der Waals surface area (Å²) >= 11 is 5.76. The molecule has 0 saturated heterocycles. The van der Waals surface area contributed by atoms with Crippen LogP contribution in [0, 0.1) is 10.1 Å². The lowest BCUT2D eigenvalue weighted by Gasteiger charge is -1.98. The van der Waals surface area contributed by atoms with Crippen LogP contribution in [-0.4, -0.2) is 11.5 Å². The van der Waals surface area contributed by atoms with Gasteiger partial charge in [0.25, 0.3) is 5.69 Å². The van der Waals surface area contributed by atoms with Crippen molar-refractivity contribution in [1.29, 1.82) is 0 Å². The molecule has 0 aliphatic carbocycles. The Labute approximate surface area is 102 Å². The summed E-state index contributed by atoms with van der Waals surface area (Å²) in [6.45, 7) is 0.321. The first kappa shape index (κ1) is 13.0. The van der Waals surface area contributed by atoms with Gasteiger partial charge >= 0.3 is 0 Å². The molecule has 0 heterocycles. The summed E-state index contributed by atoms with van der Waals surface area (Å²) in [5.74, 6) is 0. The number of halogens is 1. The van der Waals surface area contributed by atoms with Gasteiger partial charge in [-0.3, -0.25) is 10.1 Å². The molecule has 0 fully saturated rings. The second-order valence-corrected chi connectivity index (χ2v) is 3.54. The number of hydrogen-bond donors (Lipinski definition) is 0. The van der Waals surface area contributed by atoms with Crippen molar-refractivity contribution in [3.8, 4) is 0 Å². The molecule has 0 amide bonds. The number of nitro groups is 1. The predicted octanol–water partition coefficient (Wildman–Crippen LogP) is 3.96. The minimum absolute atomic E-state index is 0.00515. The van der Waals surface area contributed by atoms with E-state index in [4.69, 9.17) is 17.1 Å². The Morgan fingerprint density at radius 1 is 1.59 bits per heavy atom. The van der Waals surface area contributed by atoms with E-state index in [2.05, 4.69) is 10.0 Å². The third kappa shape index (κ3) is 4.14. The minimum atomic E-state index is -0.469. The molecule has 0 aliphatic heterocycles. The van der Waals surface area contributed by atoms with E-state index in [-0.39, 0.29) is 5.69 Å². The second-order valence-electron chi connectivity index (χ2n) is 3.11. The Hall–Kier alpha value is -2.04. The summed E-state index contributed by atoms with van der Waals surface area (Å²) in [4.78, 5) is 12.9. The van der Waals surface area contributed by atoms with Crippen molar-refractivity contribution in [2.24, 2.45) is 5.11 Å². The summed E-state index contributed by atoms with van der Waals surface area (Å²) in [7, 11) is 0. The molecular formula is C10H9ClN4O2. The maximum absolute atomic E-state index is 10.7. The van der Waals surface area contributed by atoms with E-state index in [1.807, 2.05) is 0 Å². The first-order valence-electron chi connectivity index (χ1n) is 4.76. The highest BCUT2D eigenvalue weighted by Crippen LogP contribution is 2.23. The molecule has 0 N–H and O–H groups in total. The average Bonchev–Trinajstić information content (AvgIpc) is 2.28. The molecule has 88 valence electrons. The van der Waals surface area contributed by atoms with Gasteiger partial charge in [0.1, 0.15) is 0 Å². The number of benzene rings is 1. The molecule has 1 aromatic carbocycles. The molecule has 7 heteroatoms. The van der Waals surface area contributed by atoms with Crippen LogP contribution in [-0.2, 0) is 0 Å². The molecule has 0 aromatic heterocycles. The number of hydrogen-bond acceptors (Lipinski definition) is 3. The van der Waals surface area contributed by atoms with Crippen molar-refractivity contribution >= 4 is 23.4 Å². The highest BCUT2D eigenvalue weighted by atomic mass is 35.5. The summed E-state index contributed by atoms with van der Waals surface area (Å²) in [5, 5.41) is 14.5. The van der Waals surface area contributed by atoms with Crippen LogP contribution in [0.25, 0.3) is 16.5 Å². The van der Waals surface area contributed by atoms with Crippen molar-refractivity contribution in [1.82, 2.24) is 0 Å². The van der Waals surface area contributed by atoms with Gasteiger partial charge in [-0.25, -0.2) is 0 Å². The van der Waals surface area contributed by atoms with Crippen LogP contribution >= 0.6 is 11.6 Å². The summed E-state index contributed by atoms with van der Waals surface area (Å²) in [6.07, 6.45) is 3.82. The number of azide groups is 1. The lowest BCUT2D eigenvalue weighted by atomic mass is 10.1. The lowest BCUT2D eigenvalue weighted by molar-refractivity contribution is -0.385. The topological polar surface area (TPSA) is 91.9 Å². The van der Waals surface area contributed by atoms with E-state index in [1.165, 1.54) is 18.2 Å². The van der Waals surface area contributed by atoms with Crippen molar-refractivity contribution in [2.45, 2.75) is 6.42 Å². The maximum atomic E-state index is 10.7. The molecule has 6 nitrogen and oxygen atoms in total. The van der Waals surface area contributed by atoms with Gasteiger partial charge in [0.15, 0.2) is 0 Å². The smallest absolute Gasteiger partial charge is 0.258 e. The molecule has 0 aliphatic rings. The Morgan fingerprint density at radius 3 is 3.00 bits per heavy atom. The predicted molar refractivity (Wildman–Crippen MR) is 65.8 cm³/mol. The van der Waals surface area contributed by atoms with E-state index < -0.39 is 4.92 Å². The van der Waals surface area contributed by atoms with Crippen LogP contribution in [0.2, 0.25) is 5.02 Å². The van der Waals surface area contributed by atoms with Crippen LogP contribution in [0.4, 0.5) is 5.69 Å². The zero-order chi connectivity index (χ0) is 12.7. The molecule has 1 rings (SSSR count). The van der Waals surface area contributed by atoms with Gasteiger partial charge in [0.05, 0.1) is 10.5 Å². The molecule has 0 saturated carbocycles. The third-order valence-electron chi connectivity index (χ3n) is 1.94. The van der Waals surface area contributed by atoms with Crippen LogP contribution in [0.1, 0.15) is 12.0 Å². The Bertz CT molecular complexity index is 495. The highest BCUT2D eigenvalue weighted by molar-refractivity contribution is 6.30. The lowest BCUT2D eigenvalue weighted by Crippen LogP contribution is -1.91. The molecule has 0 spiro atoms. The van der Waals surface area contributed by atoms with E-state index in [9.17, 15) is 10.1 Å². The fourth-order valence-electron chi connectivity index (χ4n) is 1.21. The standard InChI is InChI=1S/C10H9ClN4O2/c11-9-4-5-10(15(16)17)8(7-9)3-1-2-6-13-14-12/h1,3-5,7H,2,6H2. The molecule has 0 radical (unpaired) electrons. The fourth-order valence-corrected chi connectivity index (χ4v) is 1.39. The number of nitro benzene ring substituents is 1. The van der Waals surface area contributed by atoms with Gasteiger partial charge in [0.2, 0.25) is 0 Å². The molecule has 0 unspecified atom stereocenters. The van der Waals surface area contributed by atoms with Crippen LogP contribution < -0.4 is 0 Å². The van der Waals surface area contributed by atoms with E-state index >= 15 is 0 Å². The summed E-state index contributed by atoms with van der Waals surface area (Å²) in [5.41, 5.74) is 8.49. The molecule has 0 bridgehead atoms. The monoisotopic (exact) mass is 252 g/mol. The van der Waals surface area contributed by atoms with Crippen LogP contribution in [0.3, 0.4) is 0 Å². The molecule has 17 heavy (non-hydrogen) atoms. The second kappa shape index (κ2) is 6.52. The largest absolute Gasteiger partial charge is 0.276 e. The van der Waals surface area contributed by atoms with Crippen LogP contribution in [0.15, 0.2) is 29.4 Å². The zero-order valence-electron chi connectivity index (χ0n) is 8.78. The SMILES string of the molecule is [N-]=[N+]=NCCC=Cc1cc(Cl)ccc1[N+](=O)[O-]. The number of rotatable bonds is 5. The Morgan fingerprint density at radius 2 is 2.35 bits per heavy atom. The summed E-state index contributed by atoms with van der Waals surface area (Å²) < 4.78 is 0. The highest BCUT2D eigenvalue weighted by Gasteiger charge is 2.10. The van der Waals surface area contributed by atoms with Crippen molar-refractivity contribution in [3.63, 3.8) is 0 Å². The van der Waals surface area contributed by atoms with Gasteiger partial charge < -0.3 is 0 Å². The fraction of sp³-hybridized carbons (Fsp3) is 0.200. The van der Waals surface area contributed by atoms with E-state index in [0.717, 1.165) is 0 Å². The van der Waals surface area contributed by atoms with E-state index in [0.29, 0.717) is 23.6 Å². The average molecular weight is 253 g/mol. The summed E-state index contributed by atoms with van der Waals surface area (Å²) in [6, 6.07) is 4.34. The van der Waals surface area contributed by atoms with Gasteiger partial charge in [-0.05, 0) is 24.1 Å². The number of nitrogens with zero attached hydrogens (tertiary/aromatic N) is 4. The Balaban J connectivity index is 2.84. The van der Waals surface area contributed by atoms with Crippen molar-refractivity contribution in [2.75, 3.05) is 6.54 Å². The van der Waals surface area contributed by atoms with Crippen molar-refractivity contribution in [3.05, 3.63) is 55.4 Å². The maximum Gasteiger partial charge on any atom is 0.276 e. The van der Waals surface area contributed by atoms with Gasteiger partial charge in [-0.2, -0.15) is 0 Å². The molecular weight excluding hydrogens is 244 g/mol. The first-order chi connectivity index (χ1) is 8.15. The third-order valence-corrected chi connectivity index (χ3v) is 2.18. The van der Waals surface area contributed by atoms with Crippen LogP contribution in [0.5, 0.6) is 0 Å². The quantitative estimate of drug-likeness (QED) is 0.198. The normalized spacial score (nSPS) is 10.2. The van der Waals surface area contributed by atoms with Crippen molar-refractivity contribution < 1.29 is 4.92 Å². The Kier molecular flexibility index (Phi) is 5.00. The zero-order valence-corrected chi connectivity index (χ0v) is 9.54. The molecule has 1 aromatic rings. The first-order valence-corrected chi connectivity index (χ1v) is 5.14. The van der Waals surface area contributed by atoms with Gasteiger partial charge in [-0.15, -0.1) is 0 Å². The van der Waals surface area contributed by atoms with Gasteiger partial charge in [0, 0.05) is 22.5 Å². The van der Waals surface area contributed by atoms with E-state index in [1.54, 1.807) is 12.2 Å². The minimum Gasteiger partial charge on any atom is -0.258 e. The molecule has 0 atom stereocenters. The van der Waals surface area contributed by atoms with Gasteiger partial charge in [-0.1, -0.05) is 28.9 Å².